The quantitative estimate of drug-likeness (QED) is 0.381. The van der Waals surface area contributed by atoms with Crippen LogP contribution in [0.3, 0.4) is 0 Å². The Balaban J connectivity index is 2.61. The predicted molar refractivity (Wildman–Crippen MR) is 80.3 cm³/mol. The van der Waals surface area contributed by atoms with E-state index in [1.807, 2.05) is 13.8 Å². The maximum atomic E-state index is 14.5. The molecule has 0 radical (unpaired) electrons. The monoisotopic (exact) mass is 355 g/mol. The maximum absolute atomic E-state index is 14.5. The average molecular weight is 356 g/mol. The van der Waals surface area contributed by atoms with Crippen LogP contribution in [0.4, 0.5) is 4.39 Å². The number of halogens is 2. The Morgan fingerprint density at radius 2 is 2.14 bits per heavy atom. The topological polar surface area (TPSA) is 89.3 Å². The molecule has 0 aliphatic rings. The third-order valence-corrected chi connectivity index (χ3v) is 3.80. The van der Waals surface area contributed by atoms with Gasteiger partial charge in [-0.25, -0.2) is 14.1 Å². The van der Waals surface area contributed by atoms with Gasteiger partial charge in [0, 0.05) is 18.4 Å². The van der Waals surface area contributed by atoms with Crippen LogP contribution in [0.5, 0.6) is 0 Å². The SMILES string of the molecule is CCc1nc(CC)n(-c2ccc(/C(N)=N/O)c(Br)c2F)n1. The lowest BCUT2D eigenvalue weighted by Gasteiger charge is -2.10. The molecule has 0 spiro atoms. The van der Waals surface area contributed by atoms with E-state index >= 15 is 0 Å². The summed E-state index contributed by atoms with van der Waals surface area (Å²) < 4.78 is 16.1. The van der Waals surface area contributed by atoms with Gasteiger partial charge >= 0.3 is 0 Å². The van der Waals surface area contributed by atoms with Gasteiger partial charge in [0.2, 0.25) is 0 Å². The molecule has 1 aromatic carbocycles. The number of aryl methyl sites for hydroxylation is 2. The van der Waals surface area contributed by atoms with Gasteiger partial charge in [-0.3, -0.25) is 0 Å². The fourth-order valence-electron chi connectivity index (χ4n) is 1.92. The molecule has 3 N–H and O–H groups in total. The van der Waals surface area contributed by atoms with E-state index in [9.17, 15) is 4.39 Å². The van der Waals surface area contributed by atoms with Crippen molar-refractivity contribution in [2.45, 2.75) is 26.7 Å². The summed E-state index contributed by atoms with van der Waals surface area (Å²) in [6, 6.07) is 3.09. The zero-order valence-corrected chi connectivity index (χ0v) is 13.2. The van der Waals surface area contributed by atoms with Crippen molar-refractivity contribution in [1.82, 2.24) is 14.8 Å². The first-order chi connectivity index (χ1) is 10.0. The molecule has 2 rings (SSSR count). The Hall–Kier alpha value is -1.96. The van der Waals surface area contributed by atoms with E-state index in [1.165, 1.54) is 10.7 Å². The predicted octanol–water partition coefficient (Wildman–Crippen LogP) is 2.39. The van der Waals surface area contributed by atoms with E-state index in [4.69, 9.17) is 10.9 Å². The van der Waals surface area contributed by atoms with Crippen molar-refractivity contribution < 1.29 is 9.60 Å². The van der Waals surface area contributed by atoms with Crippen LogP contribution in [0.25, 0.3) is 5.69 Å². The summed E-state index contributed by atoms with van der Waals surface area (Å²) >= 11 is 3.13. The Morgan fingerprint density at radius 1 is 1.43 bits per heavy atom. The highest BCUT2D eigenvalue weighted by atomic mass is 79.9. The molecule has 1 aromatic heterocycles. The number of oxime groups is 1. The third kappa shape index (κ3) is 2.76. The zero-order chi connectivity index (χ0) is 15.6. The molecular weight excluding hydrogens is 341 g/mol. The second-order valence-corrected chi connectivity index (χ2v) is 5.10. The molecule has 1 heterocycles. The second-order valence-electron chi connectivity index (χ2n) is 4.31. The number of amidine groups is 1. The van der Waals surface area contributed by atoms with Crippen molar-refractivity contribution in [2.75, 3.05) is 0 Å². The number of aromatic nitrogens is 3. The van der Waals surface area contributed by atoms with Gasteiger partial charge in [-0.15, -0.1) is 0 Å². The summed E-state index contributed by atoms with van der Waals surface area (Å²) in [7, 11) is 0. The van der Waals surface area contributed by atoms with Crippen LogP contribution in [-0.2, 0) is 12.8 Å². The number of rotatable bonds is 4. The van der Waals surface area contributed by atoms with Gasteiger partial charge in [0.1, 0.15) is 11.5 Å². The van der Waals surface area contributed by atoms with Gasteiger partial charge in [-0.1, -0.05) is 19.0 Å². The van der Waals surface area contributed by atoms with Gasteiger partial charge in [0.15, 0.2) is 17.5 Å². The van der Waals surface area contributed by atoms with Gasteiger partial charge < -0.3 is 10.9 Å². The van der Waals surface area contributed by atoms with Crippen molar-refractivity contribution in [3.05, 3.63) is 39.6 Å². The number of nitrogens with two attached hydrogens (primary N) is 1. The van der Waals surface area contributed by atoms with Crippen molar-refractivity contribution in [2.24, 2.45) is 10.9 Å². The highest BCUT2D eigenvalue weighted by Crippen LogP contribution is 2.26. The van der Waals surface area contributed by atoms with E-state index in [0.29, 0.717) is 24.5 Å². The van der Waals surface area contributed by atoms with E-state index < -0.39 is 5.82 Å². The van der Waals surface area contributed by atoms with Crippen LogP contribution < -0.4 is 5.73 Å². The average Bonchev–Trinajstić information content (AvgIpc) is 2.92. The van der Waals surface area contributed by atoms with Crippen LogP contribution >= 0.6 is 15.9 Å². The first-order valence-corrected chi connectivity index (χ1v) is 7.23. The smallest absolute Gasteiger partial charge is 0.171 e. The molecule has 0 unspecified atom stereocenters. The van der Waals surface area contributed by atoms with Gasteiger partial charge in [0.05, 0.1) is 4.47 Å². The van der Waals surface area contributed by atoms with Crippen molar-refractivity contribution in [3.63, 3.8) is 0 Å². The molecule has 0 fully saturated rings. The van der Waals surface area contributed by atoms with Crippen LogP contribution in [0.2, 0.25) is 0 Å². The fraction of sp³-hybridized carbons (Fsp3) is 0.308. The fourth-order valence-corrected chi connectivity index (χ4v) is 2.46. The van der Waals surface area contributed by atoms with E-state index in [1.54, 1.807) is 6.07 Å². The minimum absolute atomic E-state index is 0.117. The van der Waals surface area contributed by atoms with Gasteiger partial charge in [-0.05, 0) is 28.1 Å². The number of hydrogen-bond acceptors (Lipinski definition) is 4. The molecule has 6 nitrogen and oxygen atoms in total. The Labute approximate surface area is 129 Å². The molecule has 0 bridgehead atoms. The van der Waals surface area contributed by atoms with E-state index in [-0.39, 0.29) is 21.6 Å². The highest BCUT2D eigenvalue weighted by Gasteiger charge is 2.18. The first kappa shape index (κ1) is 15.4. The summed E-state index contributed by atoms with van der Waals surface area (Å²) in [4.78, 5) is 4.35. The first-order valence-electron chi connectivity index (χ1n) is 6.44. The minimum atomic E-state index is -0.540. The van der Waals surface area contributed by atoms with Crippen molar-refractivity contribution in [1.29, 1.82) is 0 Å². The summed E-state index contributed by atoms with van der Waals surface area (Å²) in [6.07, 6.45) is 1.30. The Morgan fingerprint density at radius 3 is 2.71 bits per heavy atom. The Bertz CT molecular complexity index is 698. The lowest BCUT2D eigenvalue weighted by Crippen LogP contribution is -2.15. The molecule has 112 valence electrons. The van der Waals surface area contributed by atoms with Crippen LogP contribution in [-0.4, -0.2) is 25.8 Å². The van der Waals surface area contributed by atoms with E-state index in [0.717, 1.165) is 0 Å². The third-order valence-electron chi connectivity index (χ3n) is 3.02. The minimum Gasteiger partial charge on any atom is -0.409 e. The zero-order valence-electron chi connectivity index (χ0n) is 11.6. The summed E-state index contributed by atoms with van der Waals surface area (Å²) in [5, 5.41) is 15.9. The van der Waals surface area contributed by atoms with E-state index in [2.05, 4.69) is 31.2 Å². The molecule has 0 amide bonds. The lowest BCUT2D eigenvalue weighted by atomic mass is 10.2. The van der Waals surface area contributed by atoms with Crippen LogP contribution in [0.15, 0.2) is 21.8 Å². The maximum Gasteiger partial charge on any atom is 0.171 e. The molecule has 0 aliphatic carbocycles. The summed E-state index contributed by atoms with van der Waals surface area (Å²) in [6.45, 7) is 3.87. The molecular formula is C13H15BrFN5O. The van der Waals surface area contributed by atoms with Crippen molar-refractivity contribution in [3.8, 4) is 5.69 Å². The second kappa shape index (κ2) is 6.21. The Kier molecular flexibility index (Phi) is 4.56. The molecule has 8 heteroatoms. The number of hydrogen-bond donors (Lipinski definition) is 2. The summed E-state index contributed by atoms with van der Waals surface area (Å²) in [5.74, 6) is 0.620. The lowest BCUT2D eigenvalue weighted by molar-refractivity contribution is 0.318. The van der Waals surface area contributed by atoms with Gasteiger partial charge in [-0.2, -0.15) is 5.10 Å². The largest absolute Gasteiger partial charge is 0.409 e. The molecule has 0 atom stereocenters. The van der Waals surface area contributed by atoms with Crippen LogP contribution in [0.1, 0.15) is 31.1 Å². The molecule has 2 aromatic rings. The molecule has 0 aliphatic heterocycles. The molecule has 21 heavy (non-hydrogen) atoms. The van der Waals surface area contributed by atoms with Gasteiger partial charge in [0.25, 0.3) is 0 Å². The highest BCUT2D eigenvalue weighted by molar-refractivity contribution is 9.10. The van der Waals surface area contributed by atoms with Crippen LogP contribution in [0, 0.1) is 5.82 Å². The number of benzene rings is 1. The van der Waals surface area contributed by atoms with Crippen molar-refractivity contribution >= 4 is 21.8 Å². The normalized spacial score (nSPS) is 11.9. The summed E-state index contributed by atoms with van der Waals surface area (Å²) in [5.41, 5.74) is 6.04. The molecule has 0 saturated carbocycles. The number of nitrogens with zero attached hydrogens (tertiary/aromatic N) is 4. The standard InChI is InChI=1S/C13H15BrFN5O/c1-3-9-17-10(4-2)20(18-9)8-6-5-7(13(16)19-21)11(14)12(8)15/h5-6,21H,3-4H2,1-2H3,(H2,16,19). The molecule has 0 saturated heterocycles.